The molecule has 3 rings (SSSR count). The van der Waals surface area contributed by atoms with Crippen LogP contribution < -0.4 is 10.1 Å². The van der Waals surface area contributed by atoms with Gasteiger partial charge in [0.1, 0.15) is 18.2 Å². The van der Waals surface area contributed by atoms with Gasteiger partial charge in [-0.3, -0.25) is 9.59 Å². The maximum Gasteiger partial charge on any atom is 0.255 e. The second-order valence-corrected chi connectivity index (χ2v) is 6.21. The van der Waals surface area contributed by atoms with Crippen molar-refractivity contribution < 1.29 is 14.3 Å². The summed E-state index contributed by atoms with van der Waals surface area (Å²) in [4.78, 5) is 35.1. The van der Waals surface area contributed by atoms with Gasteiger partial charge in [-0.25, -0.2) is 9.97 Å². The van der Waals surface area contributed by atoms with Gasteiger partial charge < -0.3 is 15.0 Å². The highest BCUT2D eigenvalue weighted by Gasteiger charge is 2.38. The third-order valence-corrected chi connectivity index (χ3v) is 4.19. The Bertz CT molecular complexity index is 806. The zero-order valence-corrected chi connectivity index (χ0v) is 14.4. The van der Waals surface area contributed by atoms with Crippen LogP contribution in [0.2, 0.25) is 0 Å². The highest BCUT2D eigenvalue weighted by molar-refractivity contribution is 6.03. The summed E-state index contributed by atoms with van der Waals surface area (Å²) in [5, 5.41) is 2.76. The molecule has 7 nitrogen and oxygen atoms in total. The summed E-state index contributed by atoms with van der Waals surface area (Å²) in [5.74, 6) is 0.242. The van der Waals surface area contributed by atoms with Gasteiger partial charge in [-0.1, -0.05) is 32.0 Å². The molecule has 0 spiro atoms. The van der Waals surface area contributed by atoms with Crippen LogP contribution in [-0.4, -0.2) is 39.8 Å². The van der Waals surface area contributed by atoms with E-state index in [-0.39, 0.29) is 17.7 Å². The number of nitrogens with zero attached hydrogens (tertiary/aromatic N) is 3. The standard InChI is InChI=1S/C18H20N4O3/c1-11(2)16(17(23)21-14-8-15(25-3)20-10-19-14)22-9-12-6-4-5-7-13(12)18(22)24/h4-8,10-11,16H,9H2,1-3H3,(H,19,20,21,23)/t16-/m1/s1. The van der Waals surface area contributed by atoms with Crippen LogP contribution in [0.3, 0.4) is 0 Å². The average Bonchev–Trinajstić information content (AvgIpc) is 2.92. The molecule has 2 amide bonds. The molecule has 25 heavy (non-hydrogen) atoms. The van der Waals surface area contributed by atoms with Crippen LogP contribution in [0.4, 0.5) is 5.82 Å². The molecular formula is C18H20N4O3. The normalized spacial score (nSPS) is 14.4. The molecule has 2 aromatic rings. The Morgan fingerprint density at radius 2 is 2.04 bits per heavy atom. The Morgan fingerprint density at radius 1 is 1.28 bits per heavy atom. The number of ether oxygens (including phenoxy) is 1. The maximum absolute atomic E-state index is 12.8. The number of methoxy groups -OCH3 is 1. The van der Waals surface area contributed by atoms with Crippen molar-refractivity contribution in [3.05, 3.63) is 47.8 Å². The fourth-order valence-electron chi connectivity index (χ4n) is 3.03. The van der Waals surface area contributed by atoms with Gasteiger partial charge in [-0.15, -0.1) is 0 Å². The lowest BCUT2D eigenvalue weighted by Crippen LogP contribution is -2.47. The largest absolute Gasteiger partial charge is 0.481 e. The first kappa shape index (κ1) is 16.9. The van der Waals surface area contributed by atoms with Gasteiger partial charge in [0.2, 0.25) is 11.8 Å². The van der Waals surface area contributed by atoms with Crippen LogP contribution >= 0.6 is 0 Å². The second kappa shape index (κ2) is 6.88. The monoisotopic (exact) mass is 340 g/mol. The minimum Gasteiger partial charge on any atom is -0.481 e. The molecule has 0 saturated carbocycles. The van der Waals surface area contributed by atoms with E-state index in [1.165, 1.54) is 19.5 Å². The van der Waals surface area contributed by atoms with Gasteiger partial charge in [-0.2, -0.15) is 0 Å². The molecule has 0 unspecified atom stereocenters. The van der Waals surface area contributed by atoms with Crippen LogP contribution in [0.25, 0.3) is 0 Å². The third kappa shape index (κ3) is 3.31. The minimum absolute atomic E-state index is 0.0537. The van der Waals surface area contributed by atoms with E-state index in [0.717, 1.165) is 5.56 Å². The highest BCUT2D eigenvalue weighted by atomic mass is 16.5. The minimum atomic E-state index is -0.596. The number of amides is 2. The van der Waals surface area contributed by atoms with Crippen LogP contribution in [0.1, 0.15) is 29.8 Å². The van der Waals surface area contributed by atoms with Crippen molar-refractivity contribution in [2.75, 3.05) is 12.4 Å². The summed E-state index contributed by atoms with van der Waals surface area (Å²) >= 11 is 0. The van der Waals surface area contributed by atoms with Crippen LogP contribution in [0.15, 0.2) is 36.7 Å². The molecule has 2 heterocycles. The summed E-state index contributed by atoms with van der Waals surface area (Å²) in [6.45, 7) is 4.26. The Balaban J connectivity index is 1.82. The Hall–Kier alpha value is -2.96. The van der Waals surface area contributed by atoms with Gasteiger partial charge in [0.15, 0.2) is 0 Å². The lowest BCUT2D eigenvalue weighted by molar-refractivity contribution is -0.122. The highest BCUT2D eigenvalue weighted by Crippen LogP contribution is 2.27. The predicted octanol–water partition coefficient (Wildman–Crippen LogP) is 2.10. The van der Waals surface area contributed by atoms with Crippen molar-refractivity contribution in [2.45, 2.75) is 26.4 Å². The molecule has 0 radical (unpaired) electrons. The number of anilines is 1. The summed E-state index contributed by atoms with van der Waals surface area (Å²) in [6, 6.07) is 8.38. The van der Waals surface area contributed by atoms with Crippen molar-refractivity contribution >= 4 is 17.6 Å². The number of fused-ring (bicyclic) bond motifs is 1. The van der Waals surface area contributed by atoms with Crippen molar-refractivity contribution in [2.24, 2.45) is 5.92 Å². The van der Waals surface area contributed by atoms with Crippen molar-refractivity contribution in [3.63, 3.8) is 0 Å². The lowest BCUT2D eigenvalue weighted by atomic mass is 10.0. The van der Waals surface area contributed by atoms with E-state index >= 15 is 0 Å². The van der Waals surface area contributed by atoms with Gasteiger partial charge >= 0.3 is 0 Å². The zero-order valence-electron chi connectivity index (χ0n) is 14.4. The molecule has 0 bridgehead atoms. The number of aromatic nitrogens is 2. The molecule has 0 fully saturated rings. The molecule has 7 heteroatoms. The molecule has 1 aromatic carbocycles. The molecule has 1 N–H and O–H groups in total. The van der Waals surface area contributed by atoms with E-state index in [9.17, 15) is 9.59 Å². The first-order chi connectivity index (χ1) is 12.0. The summed E-state index contributed by atoms with van der Waals surface area (Å²) in [5.41, 5.74) is 1.60. The molecular weight excluding hydrogens is 320 g/mol. The van der Waals surface area contributed by atoms with Crippen molar-refractivity contribution in [1.82, 2.24) is 14.9 Å². The summed E-state index contributed by atoms with van der Waals surface area (Å²) in [6.07, 6.45) is 1.32. The van der Waals surface area contributed by atoms with Crippen LogP contribution in [0.5, 0.6) is 5.88 Å². The Morgan fingerprint density at radius 3 is 2.72 bits per heavy atom. The van der Waals surface area contributed by atoms with Gasteiger partial charge in [0.05, 0.1) is 7.11 Å². The predicted molar refractivity (Wildman–Crippen MR) is 92.2 cm³/mol. The third-order valence-electron chi connectivity index (χ3n) is 4.19. The van der Waals surface area contributed by atoms with Crippen molar-refractivity contribution in [1.29, 1.82) is 0 Å². The number of hydrogen-bond donors (Lipinski definition) is 1. The van der Waals surface area contributed by atoms with E-state index in [0.29, 0.717) is 23.8 Å². The molecule has 130 valence electrons. The van der Waals surface area contributed by atoms with Crippen LogP contribution in [0, 0.1) is 5.92 Å². The molecule has 1 aliphatic rings. The average molecular weight is 340 g/mol. The zero-order chi connectivity index (χ0) is 18.0. The maximum atomic E-state index is 12.8. The van der Waals surface area contributed by atoms with E-state index in [4.69, 9.17) is 4.74 Å². The molecule has 0 aliphatic carbocycles. The smallest absolute Gasteiger partial charge is 0.255 e. The fourth-order valence-corrected chi connectivity index (χ4v) is 3.03. The topological polar surface area (TPSA) is 84.4 Å². The molecule has 1 atom stereocenters. The number of hydrogen-bond acceptors (Lipinski definition) is 5. The molecule has 0 saturated heterocycles. The van der Waals surface area contributed by atoms with E-state index in [1.54, 1.807) is 11.0 Å². The van der Waals surface area contributed by atoms with E-state index in [2.05, 4.69) is 15.3 Å². The summed E-state index contributed by atoms with van der Waals surface area (Å²) < 4.78 is 5.04. The van der Waals surface area contributed by atoms with Crippen molar-refractivity contribution in [3.8, 4) is 5.88 Å². The lowest BCUT2D eigenvalue weighted by Gasteiger charge is -2.29. The fraction of sp³-hybridized carbons (Fsp3) is 0.333. The van der Waals surface area contributed by atoms with Gasteiger partial charge in [-0.05, 0) is 17.5 Å². The molecule has 1 aliphatic heterocycles. The molecule has 1 aromatic heterocycles. The number of nitrogens with one attached hydrogen (secondary N) is 1. The number of carbonyl (C=O) groups excluding carboxylic acids is 2. The Labute approximate surface area is 146 Å². The summed E-state index contributed by atoms with van der Waals surface area (Å²) in [7, 11) is 1.49. The van der Waals surface area contributed by atoms with Gasteiger partial charge in [0.25, 0.3) is 5.91 Å². The quantitative estimate of drug-likeness (QED) is 0.901. The first-order valence-electron chi connectivity index (χ1n) is 8.07. The number of rotatable bonds is 5. The number of benzene rings is 1. The van der Waals surface area contributed by atoms with Crippen LogP contribution in [-0.2, 0) is 11.3 Å². The number of carbonyl (C=O) groups is 2. The van der Waals surface area contributed by atoms with Gasteiger partial charge in [0, 0.05) is 18.2 Å². The Kier molecular flexibility index (Phi) is 4.65. The SMILES string of the molecule is COc1cc(NC(=O)[C@@H](C(C)C)N2Cc3ccccc3C2=O)ncn1. The van der Waals surface area contributed by atoms with E-state index in [1.807, 2.05) is 32.0 Å². The first-order valence-corrected chi connectivity index (χ1v) is 8.07. The van der Waals surface area contributed by atoms with E-state index < -0.39 is 6.04 Å². The second-order valence-electron chi connectivity index (χ2n) is 6.21.